The summed E-state index contributed by atoms with van der Waals surface area (Å²) in [4.78, 5) is 11.8. The molecule has 2 aromatic carbocycles. The average Bonchev–Trinajstić information content (AvgIpc) is 2.54. The van der Waals surface area contributed by atoms with Gasteiger partial charge >= 0.3 is 0 Å². The molecular formula is C18H21BrN2O. The Hall–Kier alpha value is -1.81. The number of hydrogen-bond donors (Lipinski definition) is 2. The van der Waals surface area contributed by atoms with Gasteiger partial charge in [0.1, 0.15) is 0 Å². The van der Waals surface area contributed by atoms with E-state index in [-0.39, 0.29) is 5.91 Å². The Bertz CT molecular complexity index is 587. The van der Waals surface area contributed by atoms with E-state index in [2.05, 4.69) is 38.7 Å². The van der Waals surface area contributed by atoms with Gasteiger partial charge in [0.05, 0.1) is 0 Å². The molecule has 4 heteroatoms. The van der Waals surface area contributed by atoms with E-state index in [0.717, 1.165) is 29.5 Å². The number of para-hydroxylation sites is 1. The number of amides is 1. The molecule has 2 rings (SSSR count). The fraction of sp³-hybridized carbons (Fsp3) is 0.278. The minimum absolute atomic E-state index is 0.0904. The average molecular weight is 361 g/mol. The van der Waals surface area contributed by atoms with E-state index < -0.39 is 0 Å². The molecule has 0 saturated heterocycles. The van der Waals surface area contributed by atoms with Crippen LogP contribution in [0.25, 0.3) is 0 Å². The third-order valence-corrected chi connectivity index (χ3v) is 4.04. The molecule has 0 atom stereocenters. The molecule has 116 valence electrons. The van der Waals surface area contributed by atoms with Crippen LogP contribution in [0.3, 0.4) is 0 Å². The number of carbonyl (C=O) groups is 1. The molecule has 3 nitrogen and oxygen atoms in total. The first-order valence-corrected chi connectivity index (χ1v) is 8.34. The summed E-state index contributed by atoms with van der Waals surface area (Å²) >= 11 is 3.47. The van der Waals surface area contributed by atoms with Crippen LogP contribution in [-0.4, -0.2) is 19.0 Å². The van der Waals surface area contributed by atoms with Crippen molar-refractivity contribution >= 4 is 27.5 Å². The molecule has 2 N–H and O–H groups in total. The Morgan fingerprint density at radius 3 is 2.45 bits per heavy atom. The standard InChI is InChI=1S/C18H21BrN2O/c19-16-10-4-5-11-17(16)20-14-12-18(22)21-13-6-9-15-7-2-1-3-8-15/h1-5,7-8,10-11,20H,6,9,12-14H2,(H,21,22). The zero-order chi connectivity index (χ0) is 15.6. The molecule has 0 aliphatic carbocycles. The number of aryl methyl sites for hydroxylation is 1. The third kappa shape index (κ3) is 5.90. The maximum absolute atomic E-state index is 11.8. The Kier molecular flexibility index (Phi) is 6.97. The molecular weight excluding hydrogens is 340 g/mol. The summed E-state index contributed by atoms with van der Waals surface area (Å²) < 4.78 is 1.01. The van der Waals surface area contributed by atoms with Crippen molar-refractivity contribution in [3.8, 4) is 0 Å². The third-order valence-electron chi connectivity index (χ3n) is 3.35. The van der Waals surface area contributed by atoms with E-state index in [9.17, 15) is 4.79 Å². The van der Waals surface area contributed by atoms with Crippen molar-refractivity contribution in [3.05, 3.63) is 64.6 Å². The fourth-order valence-corrected chi connectivity index (χ4v) is 2.59. The van der Waals surface area contributed by atoms with Crippen LogP contribution in [-0.2, 0) is 11.2 Å². The van der Waals surface area contributed by atoms with E-state index in [1.807, 2.05) is 42.5 Å². The van der Waals surface area contributed by atoms with E-state index in [4.69, 9.17) is 0 Å². The zero-order valence-electron chi connectivity index (χ0n) is 12.5. The van der Waals surface area contributed by atoms with Gasteiger partial charge in [-0.25, -0.2) is 0 Å². The van der Waals surface area contributed by atoms with Gasteiger partial charge in [0.15, 0.2) is 0 Å². The normalized spacial score (nSPS) is 10.2. The minimum atomic E-state index is 0.0904. The maximum Gasteiger partial charge on any atom is 0.221 e. The summed E-state index contributed by atoms with van der Waals surface area (Å²) in [6.45, 7) is 1.36. The quantitative estimate of drug-likeness (QED) is 0.698. The maximum atomic E-state index is 11.8. The highest BCUT2D eigenvalue weighted by Crippen LogP contribution is 2.20. The minimum Gasteiger partial charge on any atom is -0.384 e. The number of nitrogens with one attached hydrogen (secondary N) is 2. The first-order chi connectivity index (χ1) is 10.8. The van der Waals surface area contributed by atoms with Gasteiger partial charge < -0.3 is 10.6 Å². The van der Waals surface area contributed by atoms with Crippen LogP contribution < -0.4 is 10.6 Å². The van der Waals surface area contributed by atoms with Crippen molar-refractivity contribution in [2.45, 2.75) is 19.3 Å². The van der Waals surface area contributed by atoms with E-state index in [1.165, 1.54) is 5.56 Å². The summed E-state index contributed by atoms with van der Waals surface area (Å²) in [5, 5.41) is 6.22. The Morgan fingerprint density at radius 1 is 0.955 bits per heavy atom. The van der Waals surface area contributed by atoms with Gasteiger partial charge in [-0.15, -0.1) is 0 Å². The highest BCUT2D eigenvalue weighted by atomic mass is 79.9. The summed E-state index contributed by atoms with van der Waals surface area (Å²) in [7, 11) is 0. The molecule has 0 fully saturated rings. The SMILES string of the molecule is O=C(CCNc1ccccc1Br)NCCCc1ccccc1. The predicted molar refractivity (Wildman–Crippen MR) is 95.0 cm³/mol. The van der Waals surface area contributed by atoms with Crippen LogP contribution in [0.4, 0.5) is 5.69 Å². The molecule has 22 heavy (non-hydrogen) atoms. The highest BCUT2D eigenvalue weighted by molar-refractivity contribution is 9.10. The van der Waals surface area contributed by atoms with Crippen LogP contribution in [0.2, 0.25) is 0 Å². The second-order valence-corrected chi connectivity index (χ2v) is 5.95. The zero-order valence-corrected chi connectivity index (χ0v) is 14.1. The summed E-state index contributed by atoms with van der Waals surface area (Å²) in [5.74, 6) is 0.0904. The molecule has 0 bridgehead atoms. The van der Waals surface area contributed by atoms with Gasteiger partial charge in [0, 0.05) is 29.7 Å². The highest BCUT2D eigenvalue weighted by Gasteiger charge is 2.02. The molecule has 0 aliphatic rings. The van der Waals surface area contributed by atoms with Crippen molar-refractivity contribution in [3.63, 3.8) is 0 Å². The Balaban J connectivity index is 1.57. The lowest BCUT2D eigenvalue weighted by atomic mass is 10.1. The number of hydrogen-bond acceptors (Lipinski definition) is 2. The van der Waals surface area contributed by atoms with Crippen molar-refractivity contribution in [1.82, 2.24) is 5.32 Å². The van der Waals surface area contributed by atoms with Crippen molar-refractivity contribution in [1.29, 1.82) is 0 Å². The molecule has 2 aromatic rings. The lowest BCUT2D eigenvalue weighted by Gasteiger charge is -2.09. The van der Waals surface area contributed by atoms with Gasteiger partial charge in [0.25, 0.3) is 0 Å². The molecule has 0 unspecified atom stereocenters. The fourth-order valence-electron chi connectivity index (χ4n) is 2.17. The molecule has 0 aromatic heterocycles. The lowest BCUT2D eigenvalue weighted by Crippen LogP contribution is -2.26. The summed E-state index contributed by atoms with van der Waals surface area (Å²) in [5.41, 5.74) is 2.33. The van der Waals surface area contributed by atoms with Crippen molar-refractivity contribution in [2.24, 2.45) is 0 Å². The summed E-state index contributed by atoms with van der Waals surface area (Å²) in [6, 6.07) is 18.2. The van der Waals surface area contributed by atoms with Crippen LogP contribution in [0.5, 0.6) is 0 Å². The first-order valence-electron chi connectivity index (χ1n) is 7.55. The number of carbonyl (C=O) groups excluding carboxylic acids is 1. The lowest BCUT2D eigenvalue weighted by molar-refractivity contribution is -0.120. The number of benzene rings is 2. The van der Waals surface area contributed by atoms with Crippen molar-refractivity contribution < 1.29 is 4.79 Å². The van der Waals surface area contributed by atoms with Gasteiger partial charge in [-0.1, -0.05) is 42.5 Å². The van der Waals surface area contributed by atoms with Gasteiger partial charge in [-0.2, -0.15) is 0 Å². The largest absolute Gasteiger partial charge is 0.384 e. The number of rotatable bonds is 8. The second-order valence-electron chi connectivity index (χ2n) is 5.10. The Morgan fingerprint density at radius 2 is 1.68 bits per heavy atom. The van der Waals surface area contributed by atoms with Gasteiger partial charge in [-0.3, -0.25) is 4.79 Å². The first kappa shape index (κ1) is 16.6. The van der Waals surface area contributed by atoms with E-state index >= 15 is 0 Å². The van der Waals surface area contributed by atoms with E-state index in [1.54, 1.807) is 0 Å². The second kappa shape index (κ2) is 9.26. The smallest absolute Gasteiger partial charge is 0.221 e. The molecule has 0 saturated carbocycles. The Labute approximate surface area is 140 Å². The molecule has 0 radical (unpaired) electrons. The monoisotopic (exact) mass is 360 g/mol. The van der Waals surface area contributed by atoms with Crippen molar-refractivity contribution in [2.75, 3.05) is 18.4 Å². The molecule has 0 aliphatic heterocycles. The molecule has 1 amide bonds. The summed E-state index contributed by atoms with van der Waals surface area (Å²) in [6.07, 6.45) is 2.44. The number of anilines is 1. The van der Waals surface area contributed by atoms with Crippen LogP contribution in [0.1, 0.15) is 18.4 Å². The van der Waals surface area contributed by atoms with Gasteiger partial charge in [0.2, 0.25) is 5.91 Å². The predicted octanol–water partition coefficient (Wildman–Crippen LogP) is 4.00. The van der Waals surface area contributed by atoms with E-state index in [0.29, 0.717) is 13.0 Å². The topological polar surface area (TPSA) is 41.1 Å². The number of halogens is 1. The van der Waals surface area contributed by atoms with Crippen LogP contribution >= 0.6 is 15.9 Å². The van der Waals surface area contributed by atoms with Crippen LogP contribution in [0, 0.1) is 0 Å². The molecule has 0 heterocycles. The van der Waals surface area contributed by atoms with Gasteiger partial charge in [-0.05, 0) is 46.5 Å². The van der Waals surface area contributed by atoms with Crippen LogP contribution in [0.15, 0.2) is 59.1 Å². The molecule has 0 spiro atoms.